The topological polar surface area (TPSA) is 59.0 Å². The van der Waals surface area contributed by atoms with E-state index in [4.69, 9.17) is 0 Å². The highest BCUT2D eigenvalue weighted by Crippen LogP contribution is 2.00. The van der Waals surface area contributed by atoms with Crippen LogP contribution in [0, 0.1) is 11.8 Å². The predicted molar refractivity (Wildman–Crippen MR) is 76.6 cm³/mol. The molecule has 1 heterocycles. The summed E-state index contributed by atoms with van der Waals surface area (Å²) in [5.74, 6) is 1.13. The van der Waals surface area contributed by atoms with Crippen LogP contribution >= 0.6 is 0 Å². The van der Waals surface area contributed by atoms with Gasteiger partial charge in [-0.1, -0.05) is 27.7 Å². The van der Waals surface area contributed by atoms with Crippen molar-refractivity contribution in [1.82, 2.24) is 20.2 Å². The molecule has 0 saturated carbocycles. The number of imidazole rings is 1. The summed E-state index contributed by atoms with van der Waals surface area (Å²) in [6, 6.07) is 0. The Morgan fingerprint density at radius 1 is 1.26 bits per heavy atom. The van der Waals surface area contributed by atoms with E-state index in [1.54, 1.807) is 6.33 Å². The van der Waals surface area contributed by atoms with E-state index in [0.29, 0.717) is 24.9 Å². The Labute approximate surface area is 115 Å². The van der Waals surface area contributed by atoms with Gasteiger partial charge in [0.1, 0.15) is 6.54 Å². The normalized spacial score (nSPS) is 11.3. The lowest BCUT2D eigenvalue weighted by Crippen LogP contribution is -2.31. The zero-order valence-electron chi connectivity index (χ0n) is 12.4. The van der Waals surface area contributed by atoms with Gasteiger partial charge in [0.15, 0.2) is 0 Å². The van der Waals surface area contributed by atoms with Gasteiger partial charge in [-0.3, -0.25) is 4.79 Å². The minimum absolute atomic E-state index is 0.0387. The zero-order chi connectivity index (χ0) is 14.3. The van der Waals surface area contributed by atoms with E-state index in [2.05, 4.69) is 43.3 Å². The standard InChI is InChI=1S/C14H26N4O/c1-11(2)5-15-7-13-8-16-10-18(13)9-14(19)17-6-12(3)4/h8,10-12,15H,5-7,9H2,1-4H3,(H,17,19). The molecule has 0 fully saturated rings. The molecule has 1 rings (SSSR count). The lowest BCUT2D eigenvalue weighted by molar-refractivity contribution is -0.121. The van der Waals surface area contributed by atoms with E-state index in [1.807, 2.05) is 10.8 Å². The van der Waals surface area contributed by atoms with Crippen LogP contribution in [0.5, 0.6) is 0 Å². The third-order valence-electron chi connectivity index (χ3n) is 2.68. The maximum Gasteiger partial charge on any atom is 0.239 e. The molecule has 1 aromatic rings. The summed E-state index contributed by atoms with van der Waals surface area (Å²) in [6.07, 6.45) is 3.52. The average molecular weight is 266 g/mol. The fourth-order valence-corrected chi connectivity index (χ4v) is 1.66. The second kappa shape index (κ2) is 7.94. The third kappa shape index (κ3) is 6.38. The third-order valence-corrected chi connectivity index (χ3v) is 2.68. The smallest absolute Gasteiger partial charge is 0.239 e. The van der Waals surface area contributed by atoms with Crippen molar-refractivity contribution in [3.05, 3.63) is 18.2 Å². The Kier molecular flexibility index (Phi) is 6.56. The highest BCUT2D eigenvalue weighted by molar-refractivity contribution is 5.75. The lowest BCUT2D eigenvalue weighted by Gasteiger charge is -2.11. The van der Waals surface area contributed by atoms with Crippen molar-refractivity contribution in [3.8, 4) is 0 Å². The van der Waals surface area contributed by atoms with E-state index < -0.39 is 0 Å². The van der Waals surface area contributed by atoms with Crippen molar-refractivity contribution in [3.63, 3.8) is 0 Å². The molecule has 1 amide bonds. The summed E-state index contributed by atoms with van der Waals surface area (Å²) >= 11 is 0. The van der Waals surface area contributed by atoms with E-state index in [9.17, 15) is 4.79 Å². The minimum atomic E-state index is 0.0387. The molecule has 0 aliphatic rings. The van der Waals surface area contributed by atoms with Crippen LogP contribution in [-0.4, -0.2) is 28.5 Å². The molecule has 0 aromatic carbocycles. The van der Waals surface area contributed by atoms with Gasteiger partial charge in [-0.05, 0) is 18.4 Å². The SMILES string of the molecule is CC(C)CNCc1cncn1CC(=O)NCC(C)C. The fraction of sp³-hybridized carbons (Fsp3) is 0.714. The Hall–Kier alpha value is -1.36. The first-order chi connectivity index (χ1) is 8.99. The van der Waals surface area contributed by atoms with Crippen LogP contribution in [0.1, 0.15) is 33.4 Å². The summed E-state index contributed by atoms with van der Waals surface area (Å²) in [7, 11) is 0. The fourth-order valence-electron chi connectivity index (χ4n) is 1.66. The van der Waals surface area contributed by atoms with Crippen LogP contribution in [-0.2, 0) is 17.9 Å². The molecular formula is C14H26N4O. The summed E-state index contributed by atoms with van der Waals surface area (Å²) in [5.41, 5.74) is 1.04. The Balaban J connectivity index is 2.41. The molecule has 2 N–H and O–H groups in total. The van der Waals surface area contributed by atoms with Gasteiger partial charge in [-0.25, -0.2) is 4.98 Å². The van der Waals surface area contributed by atoms with Gasteiger partial charge in [-0.2, -0.15) is 0 Å². The van der Waals surface area contributed by atoms with Crippen molar-refractivity contribution in [1.29, 1.82) is 0 Å². The van der Waals surface area contributed by atoms with Crippen LogP contribution in [0.25, 0.3) is 0 Å². The molecule has 19 heavy (non-hydrogen) atoms. The Morgan fingerprint density at radius 2 is 1.95 bits per heavy atom. The molecule has 0 radical (unpaired) electrons. The number of nitrogens with one attached hydrogen (secondary N) is 2. The largest absolute Gasteiger partial charge is 0.354 e. The van der Waals surface area contributed by atoms with Crippen LogP contribution in [0.3, 0.4) is 0 Å². The van der Waals surface area contributed by atoms with Gasteiger partial charge >= 0.3 is 0 Å². The summed E-state index contributed by atoms with van der Waals surface area (Å²) in [5, 5.41) is 6.27. The first-order valence-electron chi connectivity index (χ1n) is 6.95. The van der Waals surface area contributed by atoms with E-state index in [0.717, 1.165) is 18.8 Å². The highest BCUT2D eigenvalue weighted by Gasteiger charge is 2.07. The van der Waals surface area contributed by atoms with Crippen LogP contribution in [0.15, 0.2) is 12.5 Å². The molecule has 108 valence electrons. The minimum Gasteiger partial charge on any atom is -0.354 e. The van der Waals surface area contributed by atoms with Gasteiger partial charge in [0.05, 0.1) is 12.0 Å². The van der Waals surface area contributed by atoms with Gasteiger partial charge in [0.2, 0.25) is 5.91 Å². The molecule has 5 heteroatoms. The molecule has 5 nitrogen and oxygen atoms in total. The Bertz CT molecular complexity index is 385. The molecule has 0 spiro atoms. The highest BCUT2D eigenvalue weighted by atomic mass is 16.1. The van der Waals surface area contributed by atoms with Crippen LogP contribution in [0.4, 0.5) is 0 Å². The summed E-state index contributed by atoms with van der Waals surface area (Å²) in [4.78, 5) is 15.9. The van der Waals surface area contributed by atoms with Crippen molar-refractivity contribution >= 4 is 5.91 Å². The van der Waals surface area contributed by atoms with E-state index in [1.165, 1.54) is 0 Å². The quantitative estimate of drug-likeness (QED) is 0.748. The van der Waals surface area contributed by atoms with Crippen molar-refractivity contribution in [2.24, 2.45) is 11.8 Å². The summed E-state index contributed by atoms with van der Waals surface area (Å²) in [6.45, 7) is 11.3. The Morgan fingerprint density at radius 3 is 2.58 bits per heavy atom. The van der Waals surface area contributed by atoms with Crippen molar-refractivity contribution in [2.75, 3.05) is 13.1 Å². The van der Waals surface area contributed by atoms with E-state index in [-0.39, 0.29) is 5.91 Å². The molecule has 0 aliphatic carbocycles. The average Bonchev–Trinajstić information content (AvgIpc) is 2.74. The van der Waals surface area contributed by atoms with Gasteiger partial charge in [-0.15, -0.1) is 0 Å². The molecule has 1 aromatic heterocycles. The number of nitrogens with zero attached hydrogens (tertiary/aromatic N) is 2. The maximum absolute atomic E-state index is 11.8. The maximum atomic E-state index is 11.8. The predicted octanol–water partition coefficient (Wildman–Crippen LogP) is 1.40. The zero-order valence-corrected chi connectivity index (χ0v) is 12.4. The lowest BCUT2D eigenvalue weighted by atomic mass is 10.2. The molecule has 0 saturated heterocycles. The number of hydrogen-bond donors (Lipinski definition) is 2. The molecular weight excluding hydrogens is 240 g/mol. The number of carbonyl (C=O) groups is 1. The summed E-state index contributed by atoms with van der Waals surface area (Å²) < 4.78 is 1.89. The molecule has 0 atom stereocenters. The number of carbonyl (C=O) groups excluding carboxylic acids is 1. The van der Waals surface area contributed by atoms with Crippen LogP contribution in [0.2, 0.25) is 0 Å². The van der Waals surface area contributed by atoms with Gasteiger partial charge in [0, 0.05) is 19.3 Å². The second-order valence-electron chi connectivity index (χ2n) is 5.74. The van der Waals surface area contributed by atoms with Gasteiger partial charge < -0.3 is 15.2 Å². The van der Waals surface area contributed by atoms with Crippen molar-refractivity contribution in [2.45, 2.75) is 40.8 Å². The number of rotatable bonds is 8. The van der Waals surface area contributed by atoms with Crippen molar-refractivity contribution < 1.29 is 4.79 Å². The molecule has 0 aliphatic heterocycles. The van der Waals surface area contributed by atoms with Gasteiger partial charge in [0.25, 0.3) is 0 Å². The molecule has 0 bridgehead atoms. The van der Waals surface area contributed by atoms with Crippen LogP contribution < -0.4 is 10.6 Å². The molecule has 0 unspecified atom stereocenters. The first-order valence-corrected chi connectivity index (χ1v) is 6.95. The number of aromatic nitrogens is 2. The number of amides is 1. The van der Waals surface area contributed by atoms with E-state index >= 15 is 0 Å². The second-order valence-corrected chi connectivity index (χ2v) is 5.74. The number of hydrogen-bond acceptors (Lipinski definition) is 3. The first kappa shape index (κ1) is 15.7. The monoisotopic (exact) mass is 266 g/mol.